The number of imide groups is 1. The van der Waals surface area contributed by atoms with Crippen molar-refractivity contribution in [3.05, 3.63) is 47.7 Å². The number of methoxy groups -OCH3 is 1. The van der Waals surface area contributed by atoms with E-state index in [-0.39, 0.29) is 22.5 Å². The highest BCUT2D eigenvalue weighted by Crippen LogP contribution is 2.33. The number of aromatic nitrogens is 1. The van der Waals surface area contributed by atoms with E-state index in [9.17, 15) is 27.6 Å². The lowest BCUT2D eigenvalue weighted by atomic mass is 10.0. The molecule has 35 heavy (non-hydrogen) atoms. The Balaban J connectivity index is 2.62. The smallest absolute Gasteiger partial charge is 0.425 e. The van der Waals surface area contributed by atoms with Crippen LogP contribution in [0.3, 0.4) is 0 Å². The molecule has 0 saturated carbocycles. The third kappa shape index (κ3) is 7.43. The first-order chi connectivity index (χ1) is 15.9. The van der Waals surface area contributed by atoms with E-state index in [0.29, 0.717) is 4.90 Å². The minimum Gasteiger partial charge on any atom is -0.465 e. The monoisotopic (exact) mass is 496 g/mol. The van der Waals surface area contributed by atoms with Crippen molar-refractivity contribution in [2.24, 2.45) is 0 Å². The Hall–Kier alpha value is -3.63. The number of carbonyl (C=O) groups is 3. The zero-order chi connectivity index (χ0) is 26.8. The maximum atomic E-state index is 12.9. The van der Waals surface area contributed by atoms with Gasteiger partial charge < -0.3 is 14.2 Å². The van der Waals surface area contributed by atoms with Crippen LogP contribution in [0.15, 0.2) is 36.5 Å². The van der Waals surface area contributed by atoms with Gasteiger partial charge in [0, 0.05) is 11.8 Å². The SMILES string of the molecule is COC(=O)c1cc(N(C(=O)OC(C)(C)C)C(=O)OC(C)(C)C)ncc1-c1ccc(C(F)(F)F)cc1. The molecule has 8 nitrogen and oxygen atoms in total. The molecule has 0 aliphatic rings. The number of benzene rings is 1. The number of alkyl halides is 3. The Morgan fingerprint density at radius 2 is 1.34 bits per heavy atom. The second-order valence-corrected chi connectivity index (χ2v) is 9.45. The van der Waals surface area contributed by atoms with E-state index in [2.05, 4.69) is 4.98 Å². The van der Waals surface area contributed by atoms with Gasteiger partial charge in [0.15, 0.2) is 0 Å². The molecule has 0 aliphatic heterocycles. The first-order valence-corrected chi connectivity index (χ1v) is 10.4. The summed E-state index contributed by atoms with van der Waals surface area (Å²) in [6, 6.07) is 5.17. The van der Waals surface area contributed by atoms with Crippen molar-refractivity contribution in [3.8, 4) is 11.1 Å². The van der Waals surface area contributed by atoms with Crippen LogP contribution in [0.25, 0.3) is 11.1 Å². The van der Waals surface area contributed by atoms with Gasteiger partial charge in [0.2, 0.25) is 0 Å². The zero-order valence-electron chi connectivity index (χ0n) is 20.4. The number of carbonyl (C=O) groups excluding carboxylic acids is 3. The van der Waals surface area contributed by atoms with Gasteiger partial charge in [0.1, 0.15) is 17.0 Å². The van der Waals surface area contributed by atoms with Gasteiger partial charge in [0.05, 0.1) is 18.2 Å². The normalized spacial score (nSPS) is 12.1. The molecule has 0 unspecified atom stereocenters. The summed E-state index contributed by atoms with van der Waals surface area (Å²) in [7, 11) is 1.11. The van der Waals surface area contributed by atoms with E-state index in [1.54, 1.807) is 41.5 Å². The molecular weight excluding hydrogens is 469 g/mol. The van der Waals surface area contributed by atoms with Crippen molar-refractivity contribution in [2.45, 2.75) is 58.9 Å². The van der Waals surface area contributed by atoms with Gasteiger partial charge >= 0.3 is 24.3 Å². The minimum absolute atomic E-state index is 0.127. The third-order valence-corrected chi connectivity index (χ3v) is 4.20. The summed E-state index contributed by atoms with van der Waals surface area (Å²) in [5.41, 5.74) is -2.59. The van der Waals surface area contributed by atoms with E-state index >= 15 is 0 Å². The molecule has 2 rings (SSSR count). The predicted molar refractivity (Wildman–Crippen MR) is 121 cm³/mol. The van der Waals surface area contributed by atoms with Gasteiger partial charge in [-0.3, -0.25) is 0 Å². The second-order valence-electron chi connectivity index (χ2n) is 9.45. The van der Waals surface area contributed by atoms with Gasteiger partial charge in [-0.15, -0.1) is 0 Å². The Kier molecular flexibility index (Phi) is 7.83. The van der Waals surface area contributed by atoms with Crippen LogP contribution < -0.4 is 4.90 Å². The number of halogens is 3. The van der Waals surface area contributed by atoms with Crippen LogP contribution >= 0.6 is 0 Å². The van der Waals surface area contributed by atoms with Gasteiger partial charge in [-0.25, -0.2) is 19.4 Å². The molecule has 190 valence electrons. The summed E-state index contributed by atoms with van der Waals surface area (Å²) in [6.45, 7) is 9.58. The van der Waals surface area contributed by atoms with Crippen LogP contribution in [0.5, 0.6) is 0 Å². The summed E-state index contributed by atoms with van der Waals surface area (Å²) < 4.78 is 54.2. The minimum atomic E-state index is -4.53. The van der Waals surface area contributed by atoms with Crippen molar-refractivity contribution in [1.29, 1.82) is 0 Å². The first-order valence-electron chi connectivity index (χ1n) is 10.4. The summed E-state index contributed by atoms with van der Waals surface area (Å²) in [6.07, 6.45) is -5.59. The lowest BCUT2D eigenvalue weighted by molar-refractivity contribution is -0.137. The molecule has 1 aromatic carbocycles. The fraction of sp³-hybridized carbons (Fsp3) is 0.417. The maximum absolute atomic E-state index is 12.9. The number of pyridine rings is 1. The van der Waals surface area contributed by atoms with Crippen LogP contribution in [0.4, 0.5) is 28.6 Å². The largest absolute Gasteiger partial charge is 0.465 e. The number of esters is 1. The molecule has 0 N–H and O–H groups in total. The van der Waals surface area contributed by atoms with E-state index < -0.39 is 41.1 Å². The van der Waals surface area contributed by atoms with Gasteiger partial charge in [-0.05, 0) is 65.3 Å². The highest BCUT2D eigenvalue weighted by molar-refractivity contribution is 6.10. The molecule has 0 atom stereocenters. The van der Waals surface area contributed by atoms with E-state index in [0.717, 1.165) is 31.5 Å². The molecule has 0 bridgehead atoms. The molecule has 1 aromatic heterocycles. The molecule has 11 heteroatoms. The summed E-state index contributed by atoms with van der Waals surface area (Å²) in [4.78, 5) is 42.9. The molecule has 0 spiro atoms. The van der Waals surface area contributed by atoms with E-state index in [1.165, 1.54) is 12.1 Å². The van der Waals surface area contributed by atoms with Crippen molar-refractivity contribution >= 4 is 24.0 Å². The van der Waals surface area contributed by atoms with Gasteiger partial charge in [-0.2, -0.15) is 18.1 Å². The topological polar surface area (TPSA) is 95.0 Å². The number of ether oxygens (including phenoxy) is 3. The number of amides is 2. The number of hydrogen-bond donors (Lipinski definition) is 0. The van der Waals surface area contributed by atoms with Crippen LogP contribution in [-0.4, -0.2) is 41.5 Å². The fourth-order valence-corrected chi connectivity index (χ4v) is 2.79. The fourth-order valence-electron chi connectivity index (χ4n) is 2.79. The average molecular weight is 496 g/mol. The molecular formula is C24H27F3N2O6. The molecule has 0 fully saturated rings. The third-order valence-electron chi connectivity index (χ3n) is 4.20. The van der Waals surface area contributed by atoms with Crippen LogP contribution in [0.1, 0.15) is 57.5 Å². The van der Waals surface area contributed by atoms with Crippen molar-refractivity contribution in [3.63, 3.8) is 0 Å². The zero-order valence-corrected chi connectivity index (χ0v) is 20.4. The van der Waals surface area contributed by atoms with E-state index in [1.807, 2.05) is 0 Å². The van der Waals surface area contributed by atoms with Gasteiger partial charge in [0.25, 0.3) is 0 Å². The number of rotatable bonds is 3. The van der Waals surface area contributed by atoms with Crippen LogP contribution in [-0.2, 0) is 20.4 Å². The number of hydrogen-bond acceptors (Lipinski definition) is 7. The molecule has 0 radical (unpaired) electrons. The Bertz CT molecular complexity index is 1070. The van der Waals surface area contributed by atoms with Crippen LogP contribution in [0, 0.1) is 0 Å². The standard InChI is InChI=1S/C24H27F3N2O6/c1-22(2,3)34-20(31)29(21(32)35-23(4,5)6)18-12-16(19(30)33-7)17(13-28-18)14-8-10-15(11-9-14)24(25,26)27/h8-13H,1-7H3. The number of nitrogens with zero attached hydrogens (tertiary/aromatic N) is 2. The van der Waals surface area contributed by atoms with Crippen molar-refractivity contribution in [1.82, 2.24) is 4.98 Å². The molecule has 0 aliphatic carbocycles. The maximum Gasteiger partial charge on any atom is 0.425 e. The summed E-state index contributed by atoms with van der Waals surface area (Å²) >= 11 is 0. The first kappa shape index (κ1) is 27.6. The second kappa shape index (κ2) is 9.93. The van der Waals surface area contributed by atoms with Crippen molar-refractivity contribution < 1.29 is 41.8 Å². The lowest BCUT2D eigenvalue weighted by Gasteiger charge is -2.28. The van der Waals surface area contributed by atoms with Crippen molar-refractivity contribution in [2.75, 3.05) is 12.0 Å². The highest BCUT2D eigenvalue weighted by atomic mass is 19.4. The number of anilines is 1. The molecule has 0 saturated heterocycles. The lowest BCUT2D eigenvalue weighted by Crippen LogP contribution is -2.44. The quantitative estimate of drug-likeness (QED) is 0.367. The van der Waals surface area contributed by atoms with Gasteiger partial charge in [-0.1, -0.05) is 12.1 Å². The molecule has 2 amide bonds. The summed E-state index contributed by atoms with van der Waals surface area (Å²) in [5, 5.41) is 0. The Morgan fingerprint density at radius 1 is 0.857 bits per heavy atom. The molecule has 1 heterocycles. The van der Waals surface area contributed by atoms with Crippen LogP contribution in [0.2, 0.25) is 0 Å². The highest BCUT2D eigenvalue weighted by Gasteiger charge is 2.35. The van der Waals surface area contributed by atoms with E-state index in [4.69, 9.17) is 14.2 Å². The predicted octanol–water partition coefficient (Wildman–Crippen LogP) is 6.23. The molecule has 2 aromatic rings. The Morgan fingerprint density at radius 3 is 1.74 bits per heavy atom. The Labute approximate surface area is 201 Å². The summed E-state index contributed by atoms with van der Waals surface area (Å²) in [5.74, 6) is -1.17. The average Bonchev–Trinajstić information content (AvgIpc) is 2.70.